The van der Waals surface area contributed by atoms with Gasteiger partial charge >= 0.3 is 5.97 Å². The minimum atomic E-state index is -1.76. The number of rotatable bonds is 2. The molecule has 0 radical (unpaired) electrons. The summed E-state index contributed by atoms with van der Waals surface area (Å²) >= 11 is 0. The van der Waals surface area contributed by atoms with Crippen molar-refractivity contribution in [2.45, 2.75) is 18.4 Å². The summed E-state index contributed by atoms with van der Waals surface area (Å²) in [5.41, 5.74) is -0.787. The Balaban J connectivity index is 1.78. The zero-order chi connectivity index (χ0) is 15.9. The maximum atomic E-state index is 13.2. The summed E-state index contributed by atoms with van der Waals surface area (Å²) in [4.78, 5) is 27.8. The van der Waals surface area contributed by atoms with Gasteiger partial charge in [-0.15, -0.1) is 0 Å². The van der Waals surface area contributed by atoms with Crippen molar-refractivity contribution in [2.24, 2.45) is 0 Å². The predicted molar refractivity (Wildman–Crippen MR) is 76.0 cm³/mol. The van der Waals surface area contributed by atoms with E-state index in [9.17, 15) is 19.1 Å². The van der Waals surface area contributed by atoms with Gasteiger partial charge in [0, 0.05) is 36.8 Å². The molecule has 1 aromatic heterocycles. The van der Waals surface area contributed by atoms with Crippen LogP contribution in [0.5, 0.6) is 0 Å². The monoisotopic (exact) mass is 306 g/mol. The van der Waals surface area contributed by atoms with Gasteiger partial charge in [0.25, 0.3) is 5.91 Å². The highest BCUT2D eigenvalue weighted by molar-refractivity contribution is 5.98. The third-order valence-electron chi connectivity index (χ3n) is 4.09. The average molecular weight is 306 g/mol. The van der Waals surface area contributed by atoms with Gasteiger partial charge in [-0.05, 0) is 24.3 Å². The van der Waals surface area contributed by atoms with Crippen LogP contribution in [0.2, 0.25) is 0 Å². The molecule has 116 valence electrons. The van der Waals surface area contributed by atoms with Crippen molar-refractivity contribution >= 4 is 22.8 Å². The van der Waals surface area contributed by atoms with Gasteiger partial charge in [0.2, 0.25) is 0 Å². The maximum Gasteiger partial charge on any atom is 0.335 e. The molecular weight excluding hydrogens is 291 g/mol. The molecule has 22 heavy (non-hydrogen) atoms. The van der Waals surface area contributed by atoms with Crippen molar-refractivity contribution in [3.63, 3.8) is 0 Å². The van der Waals surface area contributed by atoms with Gasteiger partial charge in [-0.3, -0.25) is 4.79 Å². The van der Waals surface area contributed by atoms with Crippen LogP contribution < -0.4 is 0 Å². The number of likely N-dealkylation sites (tertiary alicyclic amines) is 1. The number of aromatic amines is 1. The first-order chi connectivity index (χ1) is 10.4. The molecule has 1 aliphatic heterocycles. The molecule has 0 aliphatic carbocycles. The third kappa shape index (κ3) is 2.43. The van der Waals surface area contributed by atoms with E-state index in [2.05, 4.69) is 4.98 Å². The topological polar surface area (TPSA) is 93.6 Å². The largest absolute Gasteiger partial charge is 0.479 e. The van der Waals surface area contributed by atoms with Crippen LogP contribution in [0.1, 0.15) is 23.3 Å². The zero-order valence-electron chi connectivity index (χ0n) is 11.7. The lowest BCUT2D eigenvalue weighted by Gasteiger charge is -2.35. The van der Waals surface area contributed by atoms with E-state index in [1.165, 1.54) is 17.0 Å². The van der Waals surface area contributed by atoms with Gasteiger partial charge < -0.3 is 20.1 Å². The van der Waals surface area contributed by atoms with Crippen molar-refractivity contribution in [1.29, 1.82) is 0 Å². The minimum absolute atomic E-state index is 0.0110. The van der Waals surface area contributed by atoms with Crippen LogP contribution in [0.25, 0.3) is 10.9 Å². The van der Waals surface area contributed by atoms with E-state index in [1.807, 2.05) is 0 Å². The number of halogens is 1. The summed E-state index contributed by atoms with van der Waals surface area (Å²) in [6.45, 7) is 0.316. The van der Waals surface area contributed by atoms with E-state index in [4.69, 9.17) is 5.11 Å². The maximum absolute atomic E-state index is 13.2. The Morgan fingerprint density at radius 1 is 1.23 bits per heavy atom. The number of fused-ring (bicyclic) bond motifs is 1. The molecule has 3 rings (SSSR count). The van der Waals surface area contributed by atoms with Crippen LogP contribution in [0.3, 0.4) is 0 Å². The van der Waals surface area contributed by atoms with E-state index in [0.29, 0.717) is 16.6 Å². The predicted octanol–water partition coefficient (Wildman–Crippen LogP) is 1.36. The van der Waals surface area contributed by atoms with Crippen molar-refractivity contribution in [3.05, 3.63) is 35.8 Å². The summed E-state index contributed by atoms with van der Waals surface area (Å²) in [7, 11) is 0. The number of carbonyl (C=O) groups is 2. The van der Waals surface area contributed by atoms with Crippen LogP contribution in [-0.4, -0.2) is 50.7 Å². The fourth-order valence-corrected chi connectivity index (χ4v) is 2.68. The molecule has 0 atom stereocenters. The number of nitrogens with one attached hydrogen (secondary N) is 1. The Labute approximate surface area is 125 Å². The molecule has 1 saturated heterocycles. The molecule has 1 fully saturated rings. The molecule has 0 bridgehead atoms. The Morgan fingerprint density at radius 2 is 1.91 bits per heavy atom. The minimum Gasteiger partial charge on any atom is -0.479 e. The number of benzene rings is 1. The second-order valence-electron chi connectivity index (χ2n) is 5.54. The fourth-order valence-electron chi connectivity index (χ4n) is 2.68. The molecule has 1 amide bonds. The molecule has 0 spiro atoms. The number of carboxylic acid groups (broad SMARTS) is 1. The third-order valence-corrected chi connectivity index (χ3v) is 4.09. The lowest BCUT2D eigenvalue weighted by atomic mass is 9.91. The van der Waals surface area contributed by atoms with Gasteiger partial charge in [0.05, 0.1) is 0 Å². The van der Waals surface area contributed by atoms with Crippen LogP contribution in [0, 0.1) is 5.82 Å². The Hall–Kier alpha value is -2.41. The van der Waals surface area contributed by atoms with Gasteiger partial charge in [0.15, 0.2) is 5.60 Å². The number of nitrogens with zero attached hydrogens (tertiary/aromatic N) is 1. The number of aliphatic hydroxyl groups is 1. The van der Waals surface area contributed by atoms with Crippen LogP contribution in [0.15, 0.2) is 24.3 Å². The van der Waals surface area contributed by atoms with Crippen molar-refractivity contribution in [2.75, 3.05) is 13.1 Å². The van der Waals surface area contributed by atoms with Gasteiger partial charge in [-0.1, -0.05) is 0 Å². The highest BCUT2D eigenvalue weighted by atomic mass is 19.1. The summed E-state index contributed by atoms with van der Waals surface area (Å²) in [5.74, 6) is -1.93. The lowest BCUT2D eigenvalue weighted by molar-refractivity contribution is -0.162. The molecule has 0 saturated carbocycles. The normalized spacial score (nSPS) is 17.6. The number of amides is 1. The summed E-state index contributed by atoms with van der Waals surface area (Å²) < 4.78 is 13.2. The summed E-state index contributed by atoms with van der Waals surface area (Å²) in [6.07, 6.45) is -0.0220. The van der Waals surface area contributed by atoms with Crippen molar-refractivity contribution in [3.8, 4) is 0 Å². The van der Waals surface area contributed by atoms with Crippen molar-refractivity contribution < 1.29 is 24.2 Å². The average Bonchev–Trinajstić information content (AvgIpc) is 2.90. The Morgan fingerprint density at radius 3 is 2.55 bits per heavy atom. The number of carbonyl (C=O) groups excluding carboxylic acids is 1. The molecule has 1 aromatic carbocycles. The van der Waals surface area contributed by atoms with E-state index in [0.717, 1.165) is 0 Å². The number of hydrogen-bond donors (Lipinski definition) is 3. The number of aliphatic carboxylic acids is 1. The summed E-state index contributed by atoms with van der Waals surface area (Å²) in [6, 6.07) is 5.77. The molecule has 2 aromatic rings. The van der Waals surface area contributed by atoms with E-state index in [1.54, 1.807) is 12.1 Å². The van der Waals surface area contributed by atoms with Crippen LogP contribution >= 0.6 is 0 Å². The molecule has 0 unspecified atom stereocenters. The first-order valence-electron chi connectivity index (χ1n) is 6.92. The number of piperidine rings is 1. The van der Waals surface area contributed by atoms with Crippen LogP contribution in [-0.2, 0) is 4.79 Å². The van der Waals surface area contributed by atoms with Gasteiger partial charge in [-0.2, -0.15) is 0 Å². The number of hydrogen-bond acceptors (Lipinski definition) is 3. The van der Waals surface area contributed by atoms with E-state index < -0.39 is 11.6 Å². The van der Waals surface area contributed by atoms with E-state index in [-0.39, 0.29) is 37.7 Å². The summed E-state index contributed by atoms with van der Waals surface area (Å²) in [5, 5.41) is 19.4. The number of carboxylic acids is 1. The first kappa shape index (κ1) is 14.5. The molecule has 1 aliphatic rings. The number of aromatic nitrogens is 1. The zero-order valence-corrected chi connectivity index (χ0v) is 11.7. The lowest BCUT2D eigenvalue weighted by Crippen LogP contribution is -2.50. The smallest absolute Gasteiger partial charge is 0.335 e. The molecule has 7 heteroatoms. The molecule has 2 heterocycles. The molecule has 6 nitrogen and oxygen atoms in total. The quantitative estimate of drug-likeness (QED) is 0.781. The van der Waals surface area contributed by atoms with E-state index >= 15 is 0 Å². The molecule has 3 N–H and O–H groups in total. The highest BCUT2D eigenvalue weighted by Gasteiger charge is 2.40. The highest BCUT2D eigenvalue weighted by Crippen LogP contribution is 2.24. The Kier molecular flexibility index (Phi) is 3.37. The second-order valence-corrected chi connectivity index (χ2v) is 5.54. The number of H-pyrrole nitrogens is 1. The first-order valence-corrected chi connectivity index (χ1v) is 6.92. The SMILES string of the molecule is O=C(c1cc2cc(F)ccc2[nH]1)N1CCC(O)(C(=O)O)CC1. The molecular formula is C15H15FN2O4. The fraction of sp³-hybridized carbons (Fsp3) is 0.333. The van der Waals surface area contributed by atoms with Crippen molar-refractivity contribution in [1.82, 2.24) is 9.88 Å². The Bertz CT molecular complexity index is 747. The van der Waals surface area contributed by atoms with Gasteiger partial charge in [0.1, 0.15) is 11.5 Å². The standard InChI is InChI=1S/C15H15FN2O4/c16-10-1-2-11-9(7-10)8-12(17-11)13(19)18-5-3-15(22,4-6-18)14(20)21/h1-2,7-8,17,22H,3-6H2,(H,20,21). The van der Waals surface area contributed by atoms with Crippen LogP contribution in [0.4, 0.5) is 4.39 Å². The second kappa shape index (κ2) is 5.10. The van der Waals surface area contributed by atoms with Gasteiger partial charge in [-0.25, -0.2) is 9.18 Å².